The van der Waals surface area contributed by atoms with Gasteiger partial charge in [0.05, 0.1) is 4.92 Å². The summed E-state index contributed by atoms with van der Waals surface area (Å²) in [5, 5.41) is 14.2. The maximum absolute atomic E-state index is 12.4. The first-order valence-electron chi connectivity index (χ1n) is 5.17. The lowest BCUT2D eigenvalue weighted by Crippen LogP contribution is -2.08. The second kappa shape index (κ2) is 4.38. The molecule has 0 unspecified atom stereocenters. The average Bonchev–Trinajstić information content (AvgIpc) is 2.77. The molecule has 5 nitrogen and oxygen atoms in total. The fourth-order valence-electron chi connectivity index (χ4n) is 1.58. The third kappa shape index (κ3) is 2.56. The van der Waals surface area contributed by atoms with Crippen molar-refractivity contribution in [1.29, 1.82) is 0 Å². The van der Waals surface area contributed by atoms with E-state index in [1.165, 1.54) is 18.2 Å². The molecule has 0 atom stereocenters. The number of benzene rings is 1. The first-order chi connectivity index (χ1) is 8.79. The molecule has 0 spiro atoms. The zero-order valence-corrected chi connectivity index (χ0v) is 9.68. The van der Waals surface area contributed by atoms with Crippen molar-refractivity contribution in [2.75, 3.05) is 0 Å². The van der Waals surface area contributed by atoms with Crippen LogP contribution in [0.15, 0.2) is 30.5 Å². The number of alkyl halides is 3. The van der Waals surface area contributed by atoms with Crippen molar-refractivity contribution in [3.8, 4) is 5.69 Å². The molecule has 100 valence electrons. The monoisotopic (exact) mass is 271 g/mol. The summed E-state index contributed by atoms with van der Waals surface area (Å²) >= 11 is 0. The third-order valence-electron chi connectivity index (χ3n) is 2.45. The van der Waals surface area contributed by atoms with E-state index in [1.54, 1.807) is 6.92 Å². The molecular weight excluding hydrogens is 263 g/mol. The third-order valence-corrected chi connectivity index (χ3v) is 2.45. The van der Waals surface area contributed by atoms with Crippen LogP contribution >= 0.6 is 0 Å². The Balaban J connectivity index is 2.55. The first-order valence-corrected chi connectivity index (χ1v) is 5.17. The number of hydrogen-bond acceptors (Lipinski definition) is 3. The molecule has 0 fully saturated rings. The molecule has 0 bridgehead atoms. The fraction of sp³-hybridized carbons (Fsp3) is 0.182. The number of nitro benzene ring substituents is 1. The van der Waals surface area contributed by atoms with Gasteiger partial charge < -0.3 is 0 Å². The summed E-state index contributed by atoms with van der Waals surface area (Å²) in [6, 6.07) is 4.92. The number of rotatable bonds is 2. The topological polar surface area (TPSA) is 61.0 Å². The van der Waals surface area contributed by atoms with Crippen molar-refractivity contribution < 1.29 is 18.1 Å². The minimum Gasteiger partial charge on any atom is -0.258 e. The first kappa shape index (κ1) is 13.1. The maximum Gasteiger partial charge on any atom is 0.435 e. The van der Waals surface area contributed by atoms with Gasteiger partial charge in [0, 0.05) is 12.3 Å². The highest BCUT2D eigenvalue weighted by atomic mass is 19.4. The molecular formula is C11H8F3N3O2. The molecule has 0 N–H and O–H groups in total. The average molecular weight is 271 g/mol. The van der Waals surface area contributed by atoms with Crippen molar-refractivity contribution in [1.82, 2.24) is 9.78 Å². The molecule has 2 rings (SSSR count). The minimum atomic E-state index is -4.58. The Kier molecular flexibility index (Phi) is 3.01. The van der Waals surface area contributed by atoms with Crippen LogP contribution in [0.5, 0.6) is 0 Å². The number of hydrogen-bond donors (Lipinski definition) is 0. The van der Waals surface area contributed by atoms with Crippen molar-refractivity contribution in [2.45, 2.75) is 13.1 Å². The molecule has 19 heavy (non-hydrogen) atoms. The normalized spacial score (nSPS) is 11.6. The standard InChI is InChI=1S/C11H8F3N3O2/c1-7-2-3-8(17(18)19)9(6-7)16-5-4-10(15-16)11(12,13)14/h2-6H,1H3. The lowest BCUT2D eigenvalue weighted by Gasteiger charge is -2.05. The Morgan fingerprint density at radius 1 is 1.32 bits per heavy atom. The quantitative estimate of drug-likeness (QED) is 0.622. The number of aromatic nitrogens is 2. The number of aryl methyl sites for hydroxylation is 1. The summed E-state index contributed by atoms with van der Waals surface area (Å²) < 4.78 is 38.2. The zero-order chi connectivity index (χ0) is 14.2. The molecule has 1 aromatic heterocycles. The Morgan fingerprint density at radius 2 is 2.00 bits per heavy atom. The molecule has 0 saturated heterocycles. The lowest BCUT2D eigenvalue weighted by atomic mass is 10.2. The molecule has 0 saturated carbocycles. The zero-order valence-electron chi connectivity index (χ0n) is 9.68. The van der Waals surface area contributed by atoms with Gasteiger partial charge in [0.2, 0.25) is 0 Å². The van der Waals surface area contributed by atoms with E-state index in [1.807, 2.05) is 0 Å². The van der Waals surface area contributed by atoms with Crippen LogP contribution in [0.1, 0.15) is 11.3 Å². The van der Waals surface area contributed by atoms with Gasteiger partial charge in [-0.25, -0.2) is 4.68 Å². The van der Waals surface area contributed by atoms with E-state index in [4.69, 9.17) is 0 Å². The number of halogens is 3. The molecule has 0 amide bonds. The van der Waals surface area contributed by atoms with Crippen LogP contribution in [-0.4, -0.2) is 14.7 Å². The largest absolute Gasteiger partial charge is 0.435 e. The Hall–Kier alpha value is -2.38. The predicted molar refractivity (Wildman–Crippen MR) is 60.0 cm³/mol. The van der Waals surface area contributed by atoms with Crippen LogP contribution in [0.3, 0.4) is 0 Å². The van der Waals surface area contributed by atoms with Crippen molar-refractivity contribution in [3.05, 3.63) is 51.8 Å². The van der Waals surface area contributed by atoms with E-state index in [-0.39, 0.29) is 11.4 Å². The smallest absolute Gasteiger partial charge is 0.258 e. The van der Waals surface area contributed by atoms with Crippen molar-refractivity contribution in [3.63, 3.8) is 0 Å². The summed E-state index contributed by atoms with van der Waals surface area (Å²) in [7, 11) is 0. The summed E-state index contributed by atoms with van der Waals surface area (Å²) in [6.45, 7) is 1.68. The van der Waals surface area contributed by atoms with E-state index in [0.29, 0.717) is 5.56 Å². The van der Waals surface area contributed by atoms with Crippen LogP contribution in [0.2, 0.25) is 0 Å². The predicted octanol–water partition coefficient (Wildman–Crippen LogP) is 3.11. The van der Waals surface area contributed by atoms with E-state index < -0.39 is 16.8 Å². The van der Waals surface area contributed by atoms with E-state index >= 15 is 0 Å². The molecule has 0 radical (unpaired) electrons. The van der Waals surface area contributed by atoms with Crippen LogP contribution in [0.25, 0.3) is 5.69 Å². The Labute approximate surface area is 105 Å². The van der Waals surface area contributed by atoms with Gasteiger partial charge in [0.25, 0.3) is 5.69 Å². The highest BCUT2D eigenvalue weighted by molar-refractivity contribution is 5.53. The van der Waals surface area contributed by atoms with Gasteiger partial charge in [0.1, 0.15) is 5.69 Å². The van der Waals surface area contributed by atoms with Crippen LogP contribution < -0.4 is 0 Å². The highest BCUT2D eigenvalue weighted by Gasteiger charge is 2.34. The highest BCUT2D eigenvalue weighted by Crippen LogP contribution is 2.29. The van der Waals surface area contributed by atoms with Crippen LogP contribution in [-0.2, 0) is 6.18 Å². The summed E-state index contributed by atoms with van der Waals surface area (Å²) in [6.07, 6.45) is -3.53. The van der Waals surface area contributed by atoms with Gasteiger partial charge in [-0.3, -0.25) is 10.1 Å². The SMILES string of the molecule is Cc1ccc([N+](=O)[O-])c(-n2ccc(C(F)(F)F)n2)c1. The second-order valence-corrected chi connectivity index (χ2v) is 3.89. The van der Waals surface area contributed by atoms with Crippen LogP contribution in [0, 0.1) is 17.0 Å². The summed E-state index contributed by atoms with van der Waals surface area (Å²) in [5.41, 5.74) is -0.712. The van der Waals surface area contributed by atoms with Gasteiger partial charge >= 0.3 is 6.18 Å². The van der Waals surface area contributed by atoms with E-state index in [2.05, 4.69) is 5.10 Å². The van der Waals surface area contributed by atoms with Gasteiger partial charge in [-0.05, 0) is 24.6 Å². The van der Waals surface area contributed by atoms with Crippen LogP contribution in [0.4, 0.5) is 18.9 Å². The van der Waals surface area contributed by atoms with Crippen molar-refractivity contribution >= 4 is 5.69 Å². The van der Waals surface area contributed by atoms with Gasteiger partial charge in [-0.1, -0.05) is 6.07 Å². The summed E-state index contributed by atoms with van der Waals surface area (Å²) in [4.78, 5) is 10.2. The lowest BCUT2D eigenvalue weighted by molar-refractivity contribution is -0.384. The van der Waals surface area contributed by atoms with Gasteiger partial charge in [-0.2, -0.15) is 18.3 Å². The number of nitrogens with zero attached hydrogens (tertiary/aromatic N) is 3. The Morgan fingerprint density at radius 3 is 2.53 bits per heavy atom. The van der Waals surface area contributed by atoms with Gasteiger partial charge in [0.15, 0.2) is 5.69 Å². The molecule has 1 heterocycles. The molecule has 0 aliphatic rings. The van der Waals surface area contributed by atoms with Crippen molar-refractivity contribution in [2.24, 2.45) is 0 Å². The van der Waals surface area contributed by atoms with Gasteiger partial charge in [-0.15, -0.1) is 0 Å². The number of nitro groups is 1. The maximum atomic E-state index is 12.4. The second-order valence-electron chi connectivity index (χ2n) is 3.89. The molecule has 0 aliphatic carbocycles. The van der Waals surface area contributed by atoms with E-state index in [0.717, 1.165) is 16.9 Å². The summed E-state index contributed by atoms with van der Waals surface area (Å²) in [5.74, 6) is 0. The Bertz CT molecular complexity index is 634. The fourth-order valence-corrected chi connectivity index (χ4v) is 1.58. The van der Waals surface area contributed by atoms with E-state index in [9.17, 15) is 23.3 Å². The molecule has 2 aromatic rings. The minimum absolute atomic E-state index is 0.000463. The molecule has 8 heteroatoms. The molecule has 1 aromatic carbocycles. The molecule has 0 aliphatic heterocycles.